The molecule has 2 heteroatoms. The highest BCUT2D eigenvalue weighted by atomic mass is 15.3. The maximum Gasteiger partial charge on any atom is 0.244 e. The van der Waals surface area contributed by atoms with Crippen molar-refractivity contribution in [1.82, 2.24) is 0 Å². The van der Waals surface area contributed by atoms with Crippen LogP contribution in [-0.2, 0) is 0 Å². The second-order valence-electron chi connectivity index (χ2n) is 6.50. The van der Waals surface area contributed by atoms with Gasteiger partial charge in [-0.05, 0) is 22.9 Å². The smallest absolute Gasteiger partial charge is 0.229 e. The fourth-order valence-electron chi connectivity index (χ4n) is 3.78. The van der Waals surface area contributed by atoms with Crippen LogP contribution in [0.25, 0.3) is 21.5 Å². The van der Waals surface area contributed by atoms with Gasteiger partial charge in [-0.25, -0.2) is 9.48 Å². The van der Waals surface area contributed by atoms with Gasteiger partial charge in [0.15, 0.2) is 0 Å². The second kappa shape index (κ2) is 5.75. The molecule has 0 amide bonds. The van der Waals surface area contributed by atoms with E-state index in [4.69, 9.17) is 0 Å². The van der Waals surface area contributed by atoms with Gasteiger partial charge in [0.05, 0.1) is 0 Å². The van der Waals surface area contributed by atoms with E-state index in [1.54, 1.807) is 0 Å². The van der Waals surface area contributed by atoms with E-state index in [2.05, 4.69) is 101 Å². The molecule has 120 valence electrons. The number of benzene rings is 4. The first-order chi connectivity index (χ1) is 12.4. The summed E-state index contributed by atoms with van der Waals surface area (Å²) in [4.78, 5) is 2.37. The van der Waals surface area contributed by atoms with Crippen LogP contribution in [0, 0.1) is 0 Å². The fourth-order valence-corrected chi connectivity index (χ4v) is 3.78. The number of anilines is 1. The van der Waals surface area contributed by atoms with Gasteiger partial charge in [-0.3, -0.25) is 0 Å². The first-order valence-corrected chi connectivity index (χ1v) is 8.74. The summed E-state index contributed by atoms with van der Waals surface area (Å²) in [5.41, 5.74) is 2.56. The zero-order valence-corrected chi connectivity index (χ0v) is 14.0. The van der Waals surface area contributed by atoms with Crippen LogP contribution in [0.1, 0.15) is 0 Å². The molecule has 0 spiro atoms. The first-order valence-electron chi connectivity index (χ1n) is 8.74. The average Bonchev–Trinajstić information content (AvgIpc) is 3.17. The molecule has 5 rings (SSSR count). The van der Waals surface area contributed by atoms with Gasteiger partial charge in [0.2, 0.25) is 6.34 Å². The lowest BCUT2D eigenvalue weighted by atomic mass is 10.1. The van der Waals surface area contributed by atoms with E-state index in [9.17, 15) is 0 Å². The van der Waals surface area contributed by atoms with Crippen molar-refractivity contribution in [3.05, 3.63) is 84.9 Å². The third kappa shape index (κ3) is 2.38. The van der Waals surface area contributed by atoms with Crippen molar-refractivity contribution in [2.75, 3.05) is 18.0 Å². The van der Waals surface area contributed by atoms with Gasteiger partial charge in [-0.1, -0.05) is 72.8 Å². The summed E-state index contributed by atoms with van der Waals surface area (Å²) < 4.78 is 2.37. The summed E-state index contributed by atoms with van der Waals surface area (Å²) in [5.74, 6) is 0. The zero-order chi connectivity index (χ0) is 16.6. The van der Waals surface area contributed by atoms with Crippen LogP contribution in [0.15, 0.2) is 84.9 Å². The lowest BCUT2D eigenvalue weighted by Gasteiger charge is -2.09. The summed E-state index contributed by atoms with van der Waals surface area (Å²) in [6.07, 6.45) is 2.25. The molecule has 25 heavy (non-hydrogen) atoms. The third-order valence-corrected chi connectivity index (χ3v) is 5.01. The van der Waals surface area contributed by atoms with E-state index in [-0.39, 0.29) is 0 Å². The molecule has 0 fully saturated rings. The minimum atomic E-state index is 0.997. The van der Waals surface area contributed by atoms with Gasteiger partial charge < -0.3 is 0 Å². The Morgan fingerprint density at radius 2 is 1.28 bits per heavy atom. The normalized spacial score (nSPS) is 14.2. The highest BCUT2D eigenvalue weighted by molar-refractivity contribution is 5.99. The first kappa shape index (κ1) is 14.2. The van der Waals surface area contributed by atoms with E-state index in [0.717, 1.165) is 13.1 Å². The summed E-state index contributed by atoms with van der Waals surface area (Å²) in [7, 11) is 0. The van der Waals surface area contributed by atoms with Crippen molar-refractivity contribution < 1.29 is 4.58 Å². The molecule has 2 nitrogen and oxygen atoms in total. The number of rotatable bonds is 2. The third-order valence-electron chi connectivity index (χ3n) is 5.01. The molecule has 4 aromatic rings. The summed E-state index contributed by atoms with van der Waals surface area (Å²) >= 11 is 0. The molecule has 1 aliphatic heterocycles. The molecular formula is C23H19N2+. The maximum absolute atomic E-state index is 2.37. The lowest BCUT2D eigenvalue weighted by molar-refractivity contribution is -0.422. The van der Waals surface area contributed by atoms with Crippen molar-refractivity contribution in [3.8, 4) is 0 Å². The number of fused-ring (bicyclic) bond motifs is 2. The molecule has 1 aliphatic rings. The Kier molecular flexibility index (Phi) is 3.27. The number of nitrogens with zero attached hydrogens (tertiary/aromatic N) is 2. The second-order valence-corrected chi connectivity index (χ2v) is 6.50. The van der Waals surface area contributed by atoms with Crippen LogP contribution in [0.4, 0.5) is 11.4 Å². The van der Waals surface area contributed by atoms with Gasteiger partial charge >= 0.3 is 0 Å². The van der Waals surface area contributed by atoms with E-state index in [1.807, 2.05) is 0 Å². The Morgan fingerprint density at radius 3 is 2.12 bits per heavy atom. The number of hydrogen-bond donors (Lipinski definition) is 0. The Bertz CT molecular complexity index is 1100. The predicted octanol–water partition coefficient (Wildman–Crippen LogP) is 5.19. The molecule has 1 heterocycles. The van der Waals surface area contributed by atoms with Gasteiger partial charge in [-0.15, -0.1) is 0 Å². The Labute approximate surface area is 147 Å². The van der Waals surface area contributed by atoms with E-state index in [0.29, 0.717) is 0 Å². The molecule has 0 saturated heterocycles. The minimum Gasteiger partial charge on any atom is -0.229 e. The quantitative estimate of drug-likeness (QED) is 0.460. The highest BCUT2D eigenvalue weighted by Gasteiger charge is 2.24. The summed E-state index contributed by atoms with van der Waals surface area (Å²) in [6, 6.07) is 30.3. The van der Waals surface area contributed by atoms with E-state index in [1.165, 1.54) is 32.9 Å². The van der Waals surface area contributed by atoms with Crippen molar-refractivity contribution in [2.45, 2.75) is 0 Å². The van der Waals surface area contributed by atoms with Crippen LogP contribution in [0.2, 0.25) is 0 Å². The van der Waals surface area contributed by atoms with Gasteiger partial charge in [0.25, 0.3) is 0 Å². The molecule has 0 unspecified atom stereocenters. The van der Waals surface area contributed by atoms with Crippen LogP contribution in [0.5, 0.6) is 0 Å². The molecule has 0 N–H and O–H groups in total. The minimum absolute atomic E-state index is 0.997. The van der Waals surface area contributed by atoms with Crippen LogP contribution >= 0.6 is 0 Å². The molecule has 0 aromatic heterocycles. The molecule has 0 saturated carbocycles. The molecule has 4 aromatic carbocycles. The van der Waals surface area contributed by atoms with E-state index < -0.39 is 0 Å². The van der Waals surface area contributed by atoms with Crippen molar-refractivity contribution in [1.29, 1.82) is 0 Å². The van der Waals surface area contributed by atoms with Crippen LogP contribution in [-0.4, -0.2) is 24.0 Å². The van der Waals surface area contributed by atoms with Crippen LogP contribution in [0.3, 0.4) is 0 Å². The fraction of sp³-hybridized carbons (Fsp3) is 0.0870. The molecule has 0 atom stereocenters. The lowest BCUT2D eigenvalue weighted by Crippen LogP contribution is -2.18. The van der Waals surface area contributed by atoms with Crippen molar-refractivity contribution in [3.63, 3.8) is 0 Å². The molecule has 0 bridgehead atoms. The molecular weight excluding hydrogens is 304 g/mol. The van der Waals surface area contributed by atoms with Crippen molar-refractivity contribution in [2.24, 2.45) is 0 Å². The Morgan fingerprint density at radius 1 is 0.640 bits per heavy atom. The maximum atomic E-state index is 2.37. The van der Waals surface area contributed by atoms with Gasteiger partial charge in [0.1, 0.15) is 24.5 Å². The Balaban J connectivity index is 1.61. The largest absolute Gasteiger partial charge is 0.244 e. The van der Waals surface area contributed by atoms with Gasteiger partial charge in [0, 0.05) is 10.8 Å². The van der Waals surface area contributed by atoms with Crippen molar-refractivity contribution >= 4 is 39.3 Å². The van der Waals surface area contributed by atoms with E-state index >= 15 is 0 Å². The number of hydrogen-bond acceptors (Lipinski definition) is 1. The monoisotopic (exact) mass is 323 g/mol. The molecule has 0 radical (unpaired) electrons. The predicted molar refractivity (Wildman–Crippen MR) is 106 cm³/mol. The Hall–Kier alpha value is -3.13. The average molecular weight is 323 g/mol. The topological polar surface area (TPSA) is 6.25 Å². The van der Waals surface area contributed by atoms with Crippen LogP contribution < -0.4 is 4.90 Å². The SMILES string of the molecule is C1=[N+](c2cccc3ccccc23)CCN1c1cccc2ccccc12. The van der Waals surface area contributed by atoms with Gasteiger partial charge in [-0.2, -0.15) is 0 Å². The highest BCUT2D eigenvalue weighted by Crippen LogP contribution is 2.30. The molecule has 0 aliphatic carbocycles. The zero-order valence-electron chi connectivity index (χ0n) is 14.0. The standard InChI is InChI=1S/C23H19N2/c1-3-11-20-18(7-1)9-5-13-22(20)24-15-16-25(17-24)23-14-6-10-19-8-2-4-12-21(19)23/h1-14,17H,15-16H2/q+1. The summed E-state index contributed by atoms with van der Waals surface area (Å²) in [5, 5.41) is 5.19. The summed E-state index contributed by atoms with van der Waals surface area (Å²) in [6.45, 7) is 1.99.